The van der Waals surface area contributed by atoms with E-state index in [1.165, 1.54) is 64.2 Å². The summed E-state index contributed by atoms with van der Waals surface area (Å²) in [6.45, 7) is 4.23. The fraction of sp³-hybridized carbons (Fsp3) is 0.860. The number of carbonyl (C=O) groups excluding carboxylic acids is 2. The molecule has 334 valence electrons. The van der Waals surface area contributed by atoms with E-state index in [1.807, 2.05) is 0 Å². The van der Waals surface area contributed by atoms with E-state index in [0.717, 1.165) is 44.4 Å². The normalized spacial score (nSPS) is 21.3. The molecule has 1 aliphatic carbocycles. The van der Waals surface area contributed by atoms with E-state index in [-0.39, 0.29) is 31.1 Å². The Morgan fingerprint density at radius 2 is 1.33 bits per heavy atom. The minimum atomic E-state index is -4.70. The molecule has 0 amide bonds. The Morgan fingerprint density at radius 1 is 0.754 bits per heavy atom. The lowest BCUT2D eigenvalue weighted by Crippen LogP contribution is -2.29. The van der Waals surface area contributed by atoms with Crippen molar-refractivity contribution in [3.8, 4) is 0 Å². The lowest BCUT2D eigenvalue weighted by atomic mass is 9.89. The Hall–Kier alpha value is -1.67. The molecule has 0 spiro atoms. The van der Waals surface area contributed by atoms with Gasteiger partial charge in [-0.3, -0.25) is 18.6 Å². The van der Waals surface area contributed by atoms with Gasteiger partial charge in [-0.1, -0.05) is 148 Å². The molecule has 0 bridgehead atoms. The largest absolute Gasteiger partial charge is 0.472 e. The van der Waals surface area contributed by atoms with Crippen molar-refractivity contribution < 1.29 is 63.1 Å². The number of unbranched alkanes of at least 4 members (excludes halogenated alkanes) is 14. The Bertz CT molecular complexity index is 1130. The quantitative estimate of drug-likeness (QED) is 0.0155. The number of allylic oxidation sites excluding steroid dienone is 1. The average Bonchev–Trinajstić information content (AvgIpc) is 3.44. The SMILES string of the molecule is CCCCC[C@@H](O)/C=C/[C@@H]1[C@H](C/C=C\CC(=O)OC[C@H](COP(=O)(O)OC[C@@H](O)CO)OC(=O)CCCCCCCCCCCCCCCC(C)C)[C@@H](O)C[C@H]1O. The molecule has 0 aliphatic heterocycles. The zero-order valence-corrected chi connectivity index (χ0v) is 36.2. The van der Waals surface area contributed by atoms with E-state index < -0.39 is 76.7 Å². The third-order valence-corrected chi connectivity index (χ3v) is 11.3. The van der Waals surface area contributed by atoms with E-state index in [9.17, 15) is 39.5 Å². The Kier molecular flexibility index (Phi) is 31.0. The van der Waals surface area contributed by atoms with Gasteiger partial charge in [0, 0.05) is 18.8 Å². The van der Waals surface area contributed by atoms with E-state index >= 15 is 0 Å². The molecule has 1 aliphatic rings. The molecule has 57 heavy (non-hydrogen) atoms. The Balaban J connectivity index is 2.50. The van der Waals surface area contributed by atoms with Crippen LogP contribution in [0.1, 0.15) is 162 Å². The number of rotatable bonds is 36. The highest BCUT2D eigenvalue weighted by atomic mass is 31.2. The van der Waals surface area contributed by atoms with Crippen LogP contribution in [0.5, 0.6) is 0 Å². The topological polar surface area (TPSA) is 210 Å². The van der Waals surface area contributed by atoms with Crippen molar-refractivity contribution in [1.29, 1.82) is 0 Å². The van der Waals surface area contributed by atoms with Crippen LogP contribution in [0.2, 0.25) is 0 Å². The van der Waals surface area contributed by atoms with Crippen LogP contribution in [-0.4, -0.2) is 99.3 Å². The highest BCUT2D eigenvalue weighted by Gasteiger charge is 2.39. The molecule has 1 fully saturated rings. The predicted molar refractivity (Wildman–Crippen MR) is 221 cm³/mol. The van der Waals surface area contributed by atoms with Gasteiger partial charge in [0.05, 0.1) is 44.6 Å². The van der Waals surface area contributed by atoms with Crippen molar-refractivity contribution >= 4 is 19.8 Å². The van der Waals surface area contributed by atoms with Gasteiger partial charge in [-0.15, -0.1) is 0 Å². The standard InChI is InChI=1S/C43H79O13P/c1-4-5-17-23-35(45)27-28-39-38(40(47)29-41(39)48)24-20-21-25-42(49)53-32-37(33-55-57(51,52)54-31-36(46)30-44)56-43(50)26-19-16-14-12-10-8-6-7-9-11-13-15-18-22-34(2)3/h20-21,27-28,34-41,44-48H,4-19,22-26,29-33H2,1-3H3,(H,51,52)/b21-20-,28-27+/t35-,36+,37-,38+,39-,40+,41-/m1/s1. The second-order valence-electron chi connectivity index (χ2n) is 16.2. The van der Waals surface area contributed by atoms with Gasteiger partial charge in [0.15, 0.2) is 6.10 Å². The zero-order chi connectivity index (χ0) is 42.3. The van der Waals surface area contributed by atoms with Gasteiger partial charge in [0.25, 0.3) is 0 Å². The number of aliphatic hydroxyl groups is 5. The highest BCUT2D eigenvalue weighted by molar-refractivity contribution is 7.47. The van der Waals surface area contributed by atoms with Gasteiger partial charge in [-0.2, -0.15) is 0 Å². The summed E-state index contributed by atoms with van der Waals surface area (Å²) in [7, 11) is -4.70. The van der Waals surface area contributed by atoms with Crippen LogP contribution in [0.25, 0.3) is 0 Å². The summed E-state index contributed by atoms with van der Waals surface area (Å²) in [4.78, 5) is 35.2. The first-order chi connectivity index (χ1) is 27.3. The number of ether oxygens (including phenoxy) is 2. The van der Waals surface area contributed by atoms with Crippen LogP contribution in [0.3, 0.4) is 0 Å². The van der Waals surface area contributed by atoms with E-state index in [4.69, 9.17) is 19.1 Å². The third kappa shape index (κ3) is 28.4. The molecule has 1 rings (SSSR count). The number of phosphoric ester groups is 1. The van der Waals surface area contributed by atoms with Gasteiger partial charge in [0.2, 0.25) is 0 Å². The molecule has 1 saturated carbocycles. The molecule has 0 radical (unpaired) electrons. The van der Waals surface area contributed by atoms with Crippen molar-refractivity contribution in [1.82, 2.24) is 0 Å². The molecule has 0 aromatic heterocycles. The smallest absolute Gasteiger partial charge is 0.461 e. The summed E-state index contributed by atoms with van der Waals surface area (Å²) in [5.74, 6) is -1.06. The van der Waals surface area contributed by atoms with Gasteiger partial charge in [-0.05, 0) is 31.1 Å². The molecule has 0 saturated heterocycles. The number of hydrogen-bond acceptors (Lipinski definition) is 12. The summed E-state index contributed by atoms with van der Waals surface area (Å²) in [6.07, 6.45) is 22.8. The zero-order valence-electron chi connectivity index (χ0n) is 35.3. The van der Waals surface area contributed by atoms with Gasteiger partial charge in [-0.25, -0.2) is 4.57 Å². The van der Waals surface area contributed by atoms with Crippen molar-refractivity contribution in [2.45, 2.75) is 193 Å². The van der Waals surface area contributed by atoms with Crippen LogP contribution in [0, 0.1) is 17.8 Å². The number of hydrogen-bond donors (Lipinski definition) is 6. The minimum Gasteiger partial charge on any atom is -0.461 e. The molecule has 13 nitrogen and oxygen atoms in total. The molecule has 0 heterocycles. The Labute approximate surface area is 343 Å². The van der Waals surface area contributed by atoms with E-state index in [2.05, 4.69) is 25.3 Å². The predicted octanol–water partition coefficient (Wildman–Crippen LogP) is 7.63. The Morgan fingerprint density at radius 3 is 1.93 bits per heavy atom. The maximum absolute atomic E-state index is 12.7. The molecule has 6 N–H and O–H groups in total. The number of phosphoric acid groups is 1. The maximum Gasteiger partial charge on any atom is 0.472 e. The monoisotopic (exact) mass is 835 g/mol. The fourth-order valence-corrected chi connectivity index (χ4v) is 7.71. The highest BCUT2D eigenvalue weighted by Crippen LogP contribution is 2.43. The summed E-state index contributed by atoms with van der Waals surface area (Å²) in [5.41, 5.74) is 0. The second-order valence-corrected chi connectivity index (χ2v) is 17.6. The molecule has 8 atom stereocenters. The van der Waals surface area contributed by atoms with Crippen LogP contribution in [0.4, 0.5) is 0 Å². The summed E-state index contributed by atoms with van der Waals surface area (Å²) in [6, 6.07) is 0. The lowest BCUT2D eigenvalue weighted by Gasteiger charge is -2.20. The van der Waals surface area contributed by atoms with Gasteiger partial charge in [0.1, 0.15) is 12.7 Å². The third-order valence-electron chi connectivity index (χ3n) is 10.4. The molecular formula is C43H79O13P. The summed E-state index contributed by atoms with van der Waals surface area (Å²) in [5, 5.41) is 49.7. The maximum atomic E-state index is 12.7. The van der Waals surface area contributed by atoms with E-state index in [1.54, 1.807) is 24.3 Å². The van der Waals surface area contributed by atoms with Crippen molar-refractivity contribution in [2.75, 3.05) is 26.4 Å². The van der Waals surface area contributed by atoms with E-state index in [0.29, 0.717) is 19.3 Å². The van der Waals surface area contributed by atoms with Gasteiger partial charge >= 0.3 is 19.8 Å². The molecule has 14 heteroatoms. The number of carbonyl (C=O) groups is 2. The van der Waals surface area contributed by atoms with Crippen LogP contribution >= 0.6 is 7.82 Å². The van der Waals surface area contributed by atoms with Crippen molar-refractivity contribution in [2.24, 2.45) is 17.8 Å². The number of aliphatic hydroxyl groups excluding tert-OH is 5. The minimum absolute atomic E-state index is 0.121. The van der Waals surface area contributed by atoms with Gasteiger partial charge < -0.3 is 39.9 Å². The van der Waals surface area contributed by atoms with Crippen molar-refractivity contribution in [3.05, 3.63) is 24.3 Å². The summed E-state index contributed by atoms with van der Waals surface area (Å²) >= 11 is 0. The molecule has 0 aromatic carbocycles. The first-order valence-corrected chi connectivity index (χ1v) is 23.4. The lowest BCUT2D eigenvalue weighted by molar-refractivity contribution is -0.160. The van der Waals surface area contributed by atoms with Crippen LogP contribution in [0.15, 0.2) is 24.3 Å². The summed E-state index contributed by atoms with van der Waals surface area (Å²) < 4.78 is 32.7. The van der Waals surface area contributed by atoms with Crippen molar-refractivity contribution in [3.63, 3.8) is 0 Å². The van der Waals surface area contributed by atoms with Crippen LogP contribution in [-0.2, 0) is 32.7 Å². The second kappa shape index (κ2) is 33.1. The number of esters is 2. The molecule has 0 aromatic rings. The first kappa shape index (κ1) is 53.3. The van der Waals surface area contributed by atoms with Crippen LogP contribution < -0.4 is 0 Å². The molecular weight excluding hydrogens is 755 g/mol. The first-order valence-electron chi connectivity index (χ1n) is 21.9. The fourth-order valence-electron chi connectivity index (χ4n) is 6.92. The molecule has 1 unspecified atom stereocenters. The average molecular weight is 835 g/mol.